The molecule has 1 aromatic heterocycles. The van der Waals surface area contributed by atoms with Crippen LogP contribution in [-0.2, 0) is 4.74 Å². The van der Waals surface area contributed by atoms with Crippen LogP contribution in [0.2, 0.25) is 0 Å². The smallest absolute Gasteiger partial charge is 0.120 e. The van der Waals surface area contributed by atoms with E-state index in [1.807, 2.05) is 19.1 Å². The van der Waals surface area contributed by atoms with Crippen LogP contribution in [0.5, 0.6) is 0 Å². The fourth-order valence-corrected chi connectivity index (χ4v) is 1.91. The van der Waals surface area contributed by atoms with Crippen molar-refractivity contribution in [2.24, 2.45) is 0 Å². The average molecular weight is 225 g/mol. The van der Waals surface area contributed by atoms with E-state index in [1.165, 1.54) is 0 Å². The normalized spacial score (nSPS) is 21.9. The standard InChI is InChI=1S/C12H19NO3/c1-10(11-3-2-6-16-11)13-9-12(14)4-7-15-8-5-12/h2-3,6,10,13-14H,4-5,7-9H2,1H3. The maximum Gasteiger partial charge on any atom is 0.120 e. The van der Waals surface area contributed by atoms with E-state index >= 15 is 0 Å². The maximum absolute atomic E-state index is 10.2. The number of aliphatic hydroxyl groups is 1. The molecule has 1 unspecified atom stereocenters. The maximum atomic E-state index is 10.2. The van der Waals surface area contributed by atoms with Crippen molar-refractivity contribution in [1.29, 1.82) is 0 Å². The van der Waals surface area contributed by atoms with Crippen molar-refractivity contribution in [2.75, 3.05) is 19.8 Å². The molecule has 2 heterocycles. The Labute approximate surface area is 95.6 Å². The minimum Gasteiger partial charge on any atom is -0.468 e. The summed E-state index contributed by atoms with van der Waals surface area (Å²) in [6.07, 6.45) is 3.06. The van der Waals surface area contributed by atoms with Gasteiger partial charge in [-0.3, -0.25) is 0 Å². The molecule has 16 heavy (non-hydrogen) atoms. The van der Waals surface area contributed by atoms with Gasteiger partial charge in [-0.05, 0) is 19.1 Å². The summed E-state index contributed by atoms with van der Waals surface area (Å²) in [6, 6.07) is 3.93. The highest BCUT2D eigenvalue weighted by Crippen LogP contribution is 2.21. The Morgan fingerprint density at radius 3 is 2.88 bits per heavy atom. The number of hydrogen-bond donors (Lipinski definition) is 2. The second kappa shape index (κ2) is 4.99. The van der Waals surface area contributed by atoms with Crippen molar-refractivity contribution in [3.63, 3.8) is 0 Å². The van der Waals surface area contributed by atoms with Crippen LogP contribution in [-0.4, -0.2) is 30.5 Å². The Kier molecular flexibility index (Phi) is 3.63. The van der Waals surface area contributed by atoms with Gasteiger partial charge in [0.25, 0.3) is 0 Å². The van der Waals surface area contributed by atoms with Gasteiger partial charge in [0.1, 0.15) is 5.76 Å². The molecule has 2 N–H and O–H groups in total. The summed E-state index contributed by atoms with van der Waals surface area (Å²) in [4.78, 5) is 0. The van der Waals surface area contributed by atoms with E-state index in [2.05, 4.69) is 5.32 Å². The van der Waals surface area contributed by atoms with Gasteiger partial charge in [0.2, 0.25) is 0 Å². The second-order valence-corrected chi connectivity index (χ2v) is 4.45. The molecule has 0 aromatic carbocycles. The van der Waals surface area contributed by atoms with Gasteiger partial charge in [-0.25, -0.2) is 0 Å². The lowest BCUT2D eigenvalue weighted by atomic mass is 9.94. The molecular formula is C12H19NO3. The third-order valence-corrected chi connectivity index (χ3v) is 3.13. The molecule has 0 bridgehead atoms. The van der Waals surface area contributed by atoms with Crippen LogP contribution in [0.15, 0.2) is 22.8 Å². The fraction of sp³-hybridized carbons (Fsp3) is 0.667. The SMILES string of the molecule is CC(NCC1(O)CCOCC1)c1ccco1. The number of nitrogens with one attached hydrogen (secondary N) is 1. The molecule has 4 nitrogen and oxygen atoms in total. The molecule has 1 atom stereocenters. The van der Waals surface area contributed by atoms with Gasteiger partial charge in [0, 0.05) is 32.6 Å². The third kappa shape index (κ3) is 2.84. The molecule has 1 aliphatic heterocycles. The van der Waals surface area contributed by atoms with E-state index in [4.69, 9.17) is 9.15 Å². The van der Waals surface area contributed by atoms with Crippen LogP contribution in [0.3, 0.4) is 0 Å². The highest BCUT2D eigenvalue weighted by molar-refractivity contribution is 5.03. The molecule has 2 rings (SSSR count). The van der Waals surface area contributed by atoms with Gasteiger partial charge < -0.3 is 19.6 Å². The van der Waals surface area contributed by atoms with Crippen molar-refractivity contribution in [1.82, 2.24) is 5.32 Å². The van der Waals surface area contributed by atoms with E-state index in [9.17, 15) is 5.11 Å². The first-order chi connectivity index (χ1) is 7.70. The van der Waals surface area contributed by atoms with Gasteiger partial charge in [-0.15, -0.1) is 0 Å². The molecule has 1 fully saturated rings. The van der Waals surface area contributed by atoms with Crippen LogP contribution < -0.4 is 5.32 Å². The van der Waals surface area contributed by atoms with Crippen LogP contribution in [0.25, 0.3) is 0 Å². The van der Waals surface area contributed by atoms with Crippen molar-refractivity contribution in [3.05, 3.63) is 24.2 Å². The zero-order valence-electron chi connectivity index (χ0n) is 9.61. The second-order valence-electron chi connectivity index (χ2n) is 4.45. The zero-order valence-corrected chi connectivity index (χ0v) is 9.61. The van der Waals surface area contributed by atoms with E-state index in [1.54, 1.807) is 6.26 Å². The summed E-state index contributed by atoms with van der Waals surface area (Å²) in [6.45, 7) is 3.90. The number of ether oxygens (including phenoxy) is 1. The van der Waals surface area contributed by atoms with Crippen molar-refractivity contribution in [3.8, 4) is 0 Å². The van der Waals surface area contributed by atoms with Crippen LogP contribution >= 0.6 is 0 Å². The van der Waals surface area contributed by atoms with Crippen LogP contribution in [0.4, 0.5) is 0 Å². The Bertz CT molecular complexity index is 304. The summed E-state index contributed by atoms with van der Waals surface area (Å²) in [7, 11) is 0. The highest BCUT2D eigenvalue weighted by atomic mass is 16.5. The summed E-state index contributed by atoms with van der Waals surface area (Å²) in [5.74, 6) is 0.899. The minimum atomic E-state index is -0.626. The average Bonchev–Trinajstić information content (AvgIpc) is 2.80. The van der Waals surface area contributed by atoms with E-state index < -0.39 is 5.60 Å². The zero-order chi connectivity index (χ0) is 11.4. The van der Waals surface area contributed by atoms with Crippen molar-refractivity contribution in [2.45, 2.75) is 31.4 Å². The number of hydrogen-bond acceptors (Lipinski definition) is 4. The van der Waals surface area contributed by atoms with Gasteiger partial charge in [-0.1, -0.05) is 0 Å². The van der Waals surface area contributed by atoms with Gasteiger partial charge in [0.05, 0.1) is 17.9 Å². The van der Waals surface area contributed by atoms with Crippen LogP contribution in [0, 0.1) is 0 Å². The summed E-state index contributed by atoms with van der Waals surface area (Å²) >= 11 is 0. The highest BCUT2D eigenvalue weighted by Gasteiger charge is 2.30. The number of furan rings is 1. The van der Waals surface area contributed by atoms with Gasteiger partial charge >= 0.3 is 0 Å². The first-order valence-electron chi connectivity index (χ1n) is 5.77. The Morgan fingerprint density at radius 1 is 1.50 bits per heavy atom. The fourth-order valence-electron chi connectivity index (χ4n) is 1.91. The molecule has 1 saturated heterocycles. The minimum absolute atomic E-state index is 0.127. The van der Waals surface area contributed by atoms with E-state index in [0.717, 1.165) is 5.76 Å². The molecule has 0 aliphatic carbocycles. The summed E-state index contributed by atoms with van der Waals surface area (Å²) in [5.41, 5.74) is -0.626. The Balaban J connectivity index is 1.82. The lowest BCUT2D eigenvalue weighted by molar-refractivity contribution is -0.0628. The molecule has 4 heteroatoms. The quantitative estimate of drug-likeness (QED) is 0.814. The predicted molar refractivity (Wildman–Crippen MR) is 60.1 cm³/mol. The molecule has 90 valence electrons. The molecule has 0 radical (unpaired) electrons. The predicted octanol–water partition coefficient (Wildman–Crippen LogP) is 1.47. The lowest BCUT2D eigenvalue weighted by Gasteiger charge is -2.33. The lowest BCUT2D eigenvalue weighted by Crippen LogP contribution is -2.45. The molecule has 0 spiro atoms. The summed E-state index contributed by atoms with van der Waals surface area (Å²) < 4.78 is 10.5. The van der Waals surface area contributed by atoms with Crippen molar-refractivity contribution < 1.29 is 14.3 Å². The molecule has 1 aliphatic rings. The molecule has 0 saturated carbocycles. The largest absolute Gasteiger partial charge is 0.468 e. The topological polar surface area (TPSA) is 54.6 Å². The van der Waals surface area contributed by atoms with Gasteiger partial charge in [0.15, 0.2) is 0 Å². The van der Waals surface area contributed by atoms with E-state index in [-0.39, 0.29) is 6.04 Å². The molecule has 1 aromatic rings. The Morgan fingerprint density at radius 2 is 2.25 bits per heavy atom. The molecular weight excluding hydrogens is 206 g/mol. The monoisotopic (exact) mass is 225 g/mol. The summed E-state index contributed by atoms with van der Waals surface area (Å²) in [5, 5.41) is 13.5. The molecule has 0 amide bonds. The van der Waals surface area contributed by atoms with Crippen LogP contribution in [0.1, 0.15) is 31.6 Å². The van der Waals surface area contributed by atoms with Crippen molar-refractivity contribution >= 4 is 0 Å². The first-order valence-corrected chi connectivity index (χ1v) is 5.77. The number of rotatable bonds is 4. The van der Waals surface area contributed by atoms with Gasteiger partial charge in [-0.2, -0.15) is 0 Å². The Hall–Kier alpha value is -0.840. The van der Waals surface area contributed by atoms with E-state index in [0.29, 0.717) is 32.6 Å². The first kappa shape index (κ1) is 11.6. The third-order valence-electron chi connectivity index (χ3n) is 3.13.